The maximum absolute atomic E-state index is 6.23. The summed E-state index contributed by atoms with van der Waals surface area (Å²) in [7, 11) is 2.07. The molecule has 1 fully saturated rings. The summed E-state index contributed by atoms with van der Waals surface area (Å²) < 4.78 is 0. The van der Waals surface area contributed by atoms with E-state index in [-0.39, 0.29) is 0 Å². The van der Waals surface area contributed by atoms with Gasteiger partial charge in [-0.25, -0.2) is 0 Å². The van der Waals surface area contributed by atoms with Gasteiger partial charge in [-0.05, 0) is 31.3 Å². The molecule has 1 aliphatic carbocycles. The van der Waals surface area contributed by atoms with Crippen LogP contribution in [0.25, 0.3) is 0 Å². The van der Waals surface area contributed by atoms with Crippen LogP contribution in [0.3, 0.4) is 0 Å². The zero-order chi connectivity index (χ0) is 10.7. The van der Waals surface area contributed by atoms with Crippen LogP contribution in [-0.2, 0) is 0 Å². The molecule has 0 amide bonds. The average molecular weight is 244 g/mol. The van der Waals surface area contributed by atoms with Crippen molar-refractivity contribution in [2.45, 2.75) is 44.1 Å². The lowest BCUT2D eigenvalue weighted by Gasteiger charge is -2.24. The third-order valence-corrected chi connectivity index (χ3v) is 4.86. The minimum absolute atomic E-state index is 0.614. The van der Waals surface area contributed by atoms with Crippen LogP contribution >= 0.6 is 22.9 Å². The quantitative estimate of drug-likeness (QED) is 0.774. The van der Waals surface area contributed by atoms with Gasteiger partial charge in [0.1, 0.15) is 0 Å². The van der Waals surface area contributed by atoms with Crippen LogP contribution in [0.5, 0.6) is 0 Å². The highest BCUT2D eigenvalue weighted by Crippen LogP contribution is 2.38. The van der Waals surface area contributed by atoms with Crippen LogP contribution in [0, 0.1) is 0 Å². The molecule has 0 saturated heterocycles. The summed E-state index contributed by atoms with van der Waals surface area (Å²) in [5.74, 6) is 0.630. The monoisotopic (exact) mass is 243 g/mol. The van der Waals surface area contributed by atoms with E-state index in [0.29, 0.717) is 12.0 Å². The topological polar surface area (TPSA) is 12.0 Å². The van der Waals surface area contributed by atoms with Crippen LogP contribution < -0.4 is 5.32 Å². The highest BCUT2D eigenvalue weighted by Gasteiger charge is 2.26. The fraction of sp³-hybridized carbons (Fsp3) is 0.667. The number of halogens is 1. The smallest absolute Gasteiger partial charge is 0.0548 e. The molecule has 15 heavy (non-hydrogen) atoms. The first-order valence-corrected chi connectivity index (χ1v) is 6.99. The maximum Gasteiger partial charge on any atom is 0.0548 e. The minimum atomic E-state index is 0.614. The summed E-state index contributed by atoms with van der Waals surface area (Å²) in [6.07, 6.45) is 6.64. The van der Waals surface area contributed by atoms with Gasteiger partial charge in [0.05, 0.1) is 5.02 Å². The lowest BCUT2D eigenvalue weighted by atomic mass is 9.93. The molecule has 2 rings (SSSR count). The molecular formula is C12H18ClNS. The number of rotatable bonds is 2. The molecule has 1 aromatic rings. The SMILES string of the molecule is CNC1CCCCCC1c1sccc1Cl. The number of hydrogen-bond donors (Lipinski definition) is 1. The molecule has 1 saturated carbocycles. The average Bonchev–Trinajstić information content (AvgIpc) is 2.54. The Morgan fingerprint density at radius 2 is 2.13 bits per heavy atom. The third kappa shape index (κ3) is 2.55. The van der Waals surface area contributed by atoms with Crippen LogP contribution in [0.15, 0.2) is 11.4 Å². The Balaban J connectivity index is 2.20. The molecule has 0 bridgehead atoms. The Morgan fingerprint density at radius 3 is 2.80 bits per heavy atom. The molecule has 1 N–H and O–H groups in total. The molecule has 84 valence electrons. The molecule has 1 aliphatic rings. The Hall–Kier alpha value is -0.0500. The van der Waals surface area contributed by atoms with Gasteiger partial charge in [0.25, 0.3) is 0 Å². The van der Waals surface area contributed by atoms with E-state index in [0.717, 1.165) is 5.02 Å². The van der Waals surface area contributed by atoms with E-state index >= 15 is 0 Å². The van der Waals surface area contributed by atoms with Gasteiger partial charge in [-0.15, -0.1) is 11.3 Å². The largest absolute Gasteiger partial charge is 0.316 e. The van der Waals surface area contributed by atoms with Gasteiger partial charge in [0.15, 0.2) is 0 Å². The molecule has 0 spiro atoms. The van der Waals surface area contributed by atoms with Crippen molar-refractivity contribution < 1.29 is 0 Å². The van der Waals surface area contributed by atoms with E-state index in [2.05, 4.69) is 17.7 Å². The van der Waals surface area contributed by atoms with Crippen molar-refractivity contribution in [3.63, 3.8) is 0 Å². The minimum Gasteiger partial charge on any atom is -0.316 e. The van der Waals surface area contributed by atoms with E-state index in [1.807, 2.05) is 17.4 Å². The zero-order valence-electron chi connectivity index (χ0n) is 9.13. The van der Waals surface area contributed by atoms with Crippen molar-refractivity contribution in [1.29, 1.82) is 0 Å². The second kappa shape index (κ2) is 5.33. The third-order valence-electron chi connectivity index (χ3n) is 3.37. The summed E-state index contributed by atoms with van der Waals surface area (Å²) in [4.78, 5) is 1.39. The van der Waals surface area contributed by atoms with E-state index in [4.69, 9.17) is 11.6 Å². The first kappa shape index (κ1) is 11.4. The second-order valence-electron chi connectivity index (χ2n) is 4.27. The molecular weight excluding hydrogens is 226 g/mol. The van der Waals surface area contributed by atoms with Crippen LogP contribution in [-0.4, -0.2) is 13.1 Å². The lowest BCUT2D eigenvalue weighted by molar-refractivity contribution is 0.444. The van der Waals surface area contributed by atoms with Crippen molar-refractivity contribution in [1.82, 2.24) is 5.32 Å². The molecule has 1 heterocycles. The lowest BCUT2D eigenvalue weighted by Crippen LogP contribution is -2.30. The number of nitrogens with one attached hydrogen (secondary N) is 1. The Labute approximate surface area is 101 Å². The summed E-state index contributed by atoms with van der Waals surface area (Å²) in [5, 5.41) is 6.53. The standard InChI is InChI=1S/C12H18ClNS/c1-14-11-6-4-2-3-5-9(11)12-10(13)7-8-15-12/h7-9,11,14H,2-6H2,1H3. The van der Waals surface area contributed by atoms with Crippen LogP contribution in [0.1, 0.15) is 42.9 Å². The van der Waals surface area contributed by atoms with Gasteiger partial charge in [0.2, 0.25) is 0 Å². The van der Waals surface area contributed by atoms with Gasteiger partial charge < -0.3 is 5.32 Å². The maximum atomic E-state index is 6.23. The van der Waals surface area contributed by atoms with Crippen molar-refractivity contribution in [3.05, 3.63) is 21.3 Å². The summed E-state index contributed by atoms with van der Waals surface area (Å²) in [6, 6.07) is 2.64. The predicted molar refractivity (Wildman–Crippen MR) is 68.0 cm³/mol. The van der Waals surface area contributed by atoms with Crippen LogP contribution in [0.4, 0.5) is 0 Å². The molecule has 0 radical (unpaired) electrons. The molecule has 3 heteroatoms. The predicted octanol–water partition coefficient (Wildman–Crippen LogP) is 4.04. The summed E-state index contributed by atoms with van der Waals surface area (Å²) in [5.41, 5.74) is 0. The second-order valence-corrected chi connectivity index (χ2v) is 5.63. The van der Waals surface area contributed by atoms with E-state index in [1.165, 1.54) is 37.0 Å². The Morgan fingerprint density at radius 1 is 1.33 bits per heavy atom. The Kier molecular flexibility index (Phi) is 4.06. The molecule has 2 unspecified atom stereocenters. The highest BCUT2D eigenvalue weighted by atomic mass is 35.5. The Bertz CT molecular complexity index is 310. The normalized spacial score (nSPS) is 27.6. The molecule has 1 nitrogen and oxygen atoms in total. The molecule has 0 aliphatic heterocycles. The summed E-state index contributed by atoms with van der Waals surface area (Å²) >= 11 is 8.04. The van der Waals surface area contributed by atoms with Crippen molar-refractivity contribution in [2.24, 2.45) is 0 Å². The van der Waals surface area contributed by atoms with Crippen molar-refractivity contribution in [3.8, 4) is 0 Å². The first-order valence-electron chi connectivity index (χ1n) is 5.73. The fourth-order valence-electron chi connectivity index (χ4n) is 2.54. The first-order chi connectivity index (χ1) is 7.33. The zero-order valence-corrected chi connectivity index (χ0v) is 10.7. The molecule has 1 aromatic heterocycles. The number of thiophene rings is 1. The molecule has 2 atom stereocenters. The van der Waals surface area contributed by atoms with Crippen molar-refractivity contribution >= 4 is 22.9 Å². The van der Waals surface area contributed by atoms with Gasteiger partial charge in [-0.3, -0.25) is 0 Å². The summed E-state index contributed by atoms with van der Waals surface area (Å²) in [6.45, 7) is 0. The number of likely N-dealkylation sites (N-methyl/N-ethyl adjacent to an activating group) is 1. The fourth-order valence-corrected chi connectivity index (χ4v) is 3.94. The van der Waals surface area contributed by atoms with Crippen LogP contribution in [0.2, 0.25) is 5.02 Å². The molecule has 0 aromatic carbocycles. The van der Waals surface area contributed by atoms with Crippen molar-refractivity contribution in [2.75, 3.05) is 7.05 Å². The van der Waals surface area contributed by atoms with Gasteiger partial charge in [-0.2, -0.15) is 0 Å². The van der Waals surface area contributed by atoms with Gasteiger partial charge >= 0.3 is 0 Å². The highest BCUT2D eigenvalue weighted by molar-refractivity contribution is 7.10. The van der Waals surface area contributed by atoms with E-state index in [9.17, 15) is 0 Å². The number of hydrogen-bond acceptors (Lipinski definition) is 2. The van der Waals surface area contributed by atoms with E-state index < -0.39 is 0 Å². The van der Waals surface area contributed by atoms with Gasteiger partial charge in [-0.1, -0.05) is 30.9 Å². The van der Waals surface area contributed by atoms with Gasteiger partial charge in [0, 0.05) is 16.8 Å². The van der Waals surface area contributed by atoms with E-state index in [1.54, 1.807) is 0 Å².